The maximum Gasteiger partial charge on any atom is 0.228 e. The van der Waals surface area contributed by atoms with E-state index in [1.165, 1.54) is 6.33 Å². The predicted octanol–water partition coefficient (Wildman–Crippen LogP) is 1.21. The highest BCUT2D eigenvalue weighted by Crippen LogP contribution is 2.27. The largest absolute Gasteiger partial charge is 0.377 e. The molecule has 1 aliphatic heterocycles. The van der Waals surface area contributed by atoms with Crippen molar-refractivity contribution in [2.24, 2.45) is 11.8 Å². The molecule has 2 heterocycles. The highest BCUT2D eigenvalue weighted by molar-refractivity contribution is 5.79. The third kappa shape index (κ3) is 3.32. The number of nitrogens with one attached hydrogen (secondary N) is 1. The van der Waals surface area contributed by atoms with E-state index in [0.717, 1.165) is 19.4 Å². The number of nitrogens with zero attached hydrogens (tertiary/aromatic N) is 3. The second kappa shape index (κ2) is 6.14. The summed E-state index contributed by atoms with van der Waals surface area (Å²) in [6.45, 7) is 5.43. The van der Waals surface area contributed by atoms with Gasteiger partial charge in [0.2, 0.25) is 5.91 Å². The molecule has 1 aromatic heterocycles. The number of ether oxygens (including phenoxy) is 1. The average molecular weight is 266 g/mol. The van der Waals surface area contributed by atoms with Crippen molar-refractivity contribution in [1.82, 2.24) is 20.1 Å². The minimum Gasteiger partial charge on any atom is -0.377 e. The molecule has 6 heteroatoms. The van der Waals surface area contributed by atoms with Gasteiger partial charge in [-0.05, 0) is 18.8 Å². The van der Waals surface area contributed by atoms with Gasteiger partial charge in [-0.25, -0.2) is 4.98 Å². The molecular weight excluding hydrogens is 244 g/mol. The van der Waals surface area contributed by atoms with Crippen molar-refractivity contribution in [2.45, 2.75) is 39.3 Å². The van der Waals surface area contributed by atoms with Crippen LogP contribution in [0.1, 0.15) is 32.5 Å². The highest BCUT2D eigenvalue weighted by atomic mass is 16.5. The third-order valence-electron chi connectivity index (χ3n) is 3.57. The van der Waals surface area contributed by atoms with Gasteiger partial charge in [0.1, 0.15) is 12.2 Å². The number of carbonyl (C=O) groups excluding carboxylic acids is 1. The summed E-state index contributed by atoms with van der Waals surface area (Å²) in [5.74, 6) is 1.15. The van der Waals surface area contributed by atoms with Crippen LogP contribution in [0.2, 0.25) is 0 Å². The Hall–Kier alpha value is -1.43. The van der Waals surface area contributed by atoms with E-state index in [0.29, 0.717) is 18.3 Å². The Kier molecular flexibility index (Phi) is 4.52. The molecule has 1 amide bonds. The van der Waals surface area contributed by atoms with E-state index in [9.17, 15) is 4.79 Å². The molecular formula is C13H22N4O2. The standard InChI is InChI=1S/C13H22N4O2/c1-9(2)12-10(5-4-6-19-12)13(18)17(3)7-11-14-8-15-16-11/h8-10,12H,4-7H2,1-3H3,(H,14,15,16). The quantitative estimate of drug-likeness (QED) is 0.889. The lowest BCUT2D eigenvalue weighted by Gasteiger charge is -2.35. The number of H-pyrrole nitrogens is 1. The summed E-state index contributed by atoms with van der Waals surface area (Å²) in [7, 11) is 1.80. The molecule has 0 bridgehead atoms. The Morgan fingerprint density at radius 1 is 1.63 bits per heavy atom. The molecule has 0 aliphatic carbocycles. The summed E-state index contributed by atoms with van der Waals surface area (Å²) in [5.41, 5.74) is 0. The smallest absolute Gasteiger partial charge is 0.228 e. The number of aromatic nitrogens is 3. The van der Waals surface area contributed by atoms with Gasteiger partial charge in [-0.15, -0.1) is 0 Å². The molecule has 1 saturated heterocycles. The fraction of sp³-hybridized carbons (Fsp3) is 0.769. The van der Waals surface area contributed by atoms with E-state index in [1.807, 2.05) is 0 Å². The molecule has 19 heavy (non-hydrogen) atoms. The number of amides is 1. The fourth-order valence-corrected chi connectivity index (χ4v) is 2.62. The van der Waals surface area contributed by atoms with Crippen molar-refractivity contribution in [3.63, 3.8) is 0 Å². The first-order valence-corrected chi connectivity index (χ1v) is 6.80. The van der Waals surface area contributed by atoms with Crippen LogP contribution in [0.4, 0.5) is 0 Å². The number of aromatic amines is 1. The van der Waals surface area contributed by atoms with E-state index in [-0.39, 0.29) is 17.9 Å². The first-order chi connectivity index (χ1) is 9.09. The van der Waals surface area contributed by atoms with E-state index < -0.39 is 0 Å². The van der Waals surface area contributed by atoms with Crippen molar-refractivity contribution >= 4 is 5.91 Å². The Bertz CT molecular complexity index is 405. The minimum atomic E-state index is -0.0401. The normalized spacial score (nSPS) is 23.6. The van der Waals surface area contributed by atoms with E-state index >= 15 is 0 Å². The lowest BCUT2D eigenvalue weighted by Crippen LogP contribution is -2.44. The molecule has 2 unspecified atom stereocenters. The maximum absolute atomic E-state index is 12.5. The van der Waals surface area contributed by atoms with Gasteiger partial charge < -0.3 is 9.64 Å². The molecule has 0 radical (unpaired) electrons. The Balaban J connectivity index is 2.00. The van der Waals surface area contributed by atoms with Gasteiger partial charge in [-0.1, -0.05) is 13.8 Å². The summed E-state index contributed by atoms with van der Waals surface area (Å²) in [6.07, 6.45) is 3.34. The second-order valence-corrected chi connectivity index (χ2v) is 5.45. The summed E-state index contributed by atoms with van der Waals surface area (Å²) < 4.78 is 5.78. The van der Waals surface area contributed by atoms with Crippen molar-refractivity contribution in [2.75, 3.05) is 13.7 Å². The van der Waals surface area contributed by atoms with Gasteiger partial charge >= 0.3 is 0 Å². The predicted molar refractivity (Wildman–Crippen MR) is 70.2 cm³/mol. The van der Waals surface area contributed by atoms with Gasteiger partial charge in [-0.2, -0.15) is 5.10 Å². The van der Waals surface area contributed by atoms with Gasteiger partial charge in [0.05, 0.1) is 18.6 Å². The molecule has 1 aromatic rings. The summed E-state index contributed by atoms with van der Waals surface area (Å²) in [5, 5.41) is 6.57. The van der Waals surface area contributed by atoms with E-state index in [4.69, 9.17) is 4.74 Å². The topological polar surface area (TPSA) is 71.1 Å². The van der Waals surface area contributed by atoms with Crippen molar-refractivity contribution in [3.8, 4) is 0 Å². The van der Waals surface area contributed by atoms with Crippen LogP contribution in [-0.2, 0) is 16.1 Å². The van der Waals surface area contributed by atoms with Gasteiger partial charge in [0.25, 0.3) is 0 Å². The second-order valence-electron chi connectivity index (χ2n) is 5.45. The zero-order valence-corrected chi connectivity index (χ0v) is 11.8. The van der Waals surface area contributed by atoms with Crippen molar-refractivity contribution in [1.29, 1.82) is 0 Å². The Morgan fingerprint density at radius 2 is 2.42 bits per heavy atom. The Morgan fingerprint density at radius 3 is 3.05 bits per heavy atom. The lowest BCUT2D eigenvalue weighted by molar-refractivity contribution is -0.147. The molecule has 1 fully saturated rings. The van der Waals surface area contributed by atoms with E-state index in [2.05, 4.69) is 29.0 Å². The maximum atomic E-state index is 12.5. The first kappa shape index (κ1) is 14.0. The molecule has 2 rings (SSSR count). The molecule has 0 saturated carbocycles. The lowest BCUT2D eigenvalue weighted by atomic mass is 9.86. The van der Waals surface area contributed by atoms with Crippen molar-refractivity contribution in [3.05, 3.63) is 12.2 Å². The fourth-order valence-electron chi connectivity index (χ4n) is 2.62. The first-order valence-electron chi connectivity index (χ1n) is 6.80. The van der Waals surface area contributed by atoms with Gasteiger partial charge in [0.15, 0.2) is 0 Å². The summed E-state index contributed by atoms with van der Waals surface area (Å²) in [6, 6.07) is 0. The van der Waals surface area contributed by atoms with Gasteiger partial charge in [0, 0.05) is 13.7 Å². The number of carbonyl (C=O) groups is 1. The van der Waals surface area contributed by atoms with Crippen molar-refractivity contribution < 1.29 is 9.53 Å². The highest BCUT2D eigenvalue weighted by Gasteiger charge is 2.35. The zero-order chi connectivity index (χ0) is 13.8. The van der Waals surface area contributed by atoms with Crippen LogP contribution in [0.25, 0.3) is 0 Å². The molecule has 106 valence electrons. The van der Waals surface area contributed by atoms with Crippen LogP contribution in [-0.4, -0.2) is 45.7 Å². The molecule has 2 atom stereocenters. The molecule has 0 aromatic carbocycles. The number of rotatable bonds is 4. The molecule has 1 aliphatic rings. The molecule has 0 spiro atoms. The number of hydrogen-bond donors (Lipinski definition) is 1. The SMILES string of the molecule is CC(C)C1OCCCC1C(=O)N(C)Cc1ncn[nH]1. The van der Waals surface area contributed by atoms with Crippen LogP contribution >= 0.6 is 0 Å². The summed E-state index contributed by atoms with van der Waals surface area (Å²) >= 11 is 0. The minimum absolute atomic E-state index is 0.0263. The monoisotopic (exact) mass is 266 g/mol. The van der Waals surface area contributed by atoms with E-state index in [1.54, 1.807) is 11.9 Å². The summed E-state index contributed by atoms with van der Waals surface area (Å²) in [4.78, 5) is 18.3. The molecule has 1 N–H and O–H groups in total. The molecule has 6 nitrogen and oxygen atoms in total. The van der Waals surface area contributed by atoms with Crippen LogP contribution in [0.5, 0.6) is 0 Å². The van der Waals surface area contributed by atoms with Crippen LogP contribution in [0.3, 0.4) is 0 Å². The average Bonchev–Trinajstić information content (AvgIpc) is 2.90. The van der Waals surface area contributed by atoms with Crippen LogP contribution in [0.15, 0.2) is 6.33 Å². The van der Waals surface area contributed by atoms with Crippen LogP contribution in [0, 0.1) is 11.8 Å². The number of hydrogen-bond acceptors (Lipinski definition) is 4. The third-order valence-corrected chi connectivity index (χ3v) is 3.57. The Labute approximate surface area is 113 Å². The van der Waals surface area contributed by atoms with Gasteiger partial charge in [-0.3, -0.25) is 9.89 Å². The van der Waals surface area contributed by atoms with Crippen LogP contribution < -0.4 is 0 Å². The zero-order valence-electron chi connectivity index (χ0n) is 11.8.